The number of phenols is 1. The summed E-state index contributed by atoms with van der Waals surface area (Å²) in [6, 6.07) is 16.9. The van der Waals surface area contributed by atoms with Gasteiger partial charge in [0.05, 0.1) is 17.6 Å². The normalized spacial score (nSPS) is 11.2. The van der Waals surface area contributed by atoms with Gasteiger partial charge in [0.2, 0.25) is 0 Å². The topological polar surface area (TPSA) is 45.5 Å². The molecule has 0 amide bonds. The van der Waals surface area contributed by atoms with E-state index in [1.807, 2.05) is 42.5 Å². The molecule has 0 fully saturated rings. The van der Waals surface area contributed by atoms with Gasteiger partial charge in [0, 0.05) is 9.86 Å². The summed E-state index contributed by atoms with van der Waals surface area (Å²) in [5.74, 6) is 0.182. The first-order valence-corrected chi connectivity index (χ1v) is 6.90. The van der Waals surface area contributed by atoms with Gasteiger partial charge in [0.15, 0.2) is 0 Å². The number of phenolic OH excluding ortho intramolecular Hbond substituents is 1. The van der Waals surface area contributed by atoms with E-state index in [-0.39, 0.29) is 5.75 Å². The molecule has 4 heteroatoms. The van der Waals surface area contributed by atoms with Gasteiger partial charge in [-0.3, -0.25) is 4.99 Å². The van der Waals surface area contributed by atoms with E-state index in [2.05, 4.69) is 25.9 Å². The molecular formula is C16H11BrN2O. The molecule has 2 aromatic carbocycles. The van der Waals surface area contributed by atoms with Crippen molar-refractivity contribution >= 4 is 38.7 Å². The largest absolute Gasteiger partial charge is 0.506 e. The molecular weight excluding hydrogens is 316 g/mol. The van der Waals surface area contributed by atoms with Crippen molar-refractivity contribution in [1.82, 2.24) is 4.98 Å². The molecule has 1 aromatic heterocycles. The van der Waals surface area contributed by atoms with E-state index in [0.29, 0.717) is 11.2 Å². The summed E-state index contributed by atoms with van der Waals surface area (Å²) < 4.78 is 1.02. The number of nitrogens with zero attached hydrogens (tertiary/aromatic N) is 2. The minimum atomic E-state index is 0.182. The molecule has 0 saturated heterocycles. The van der Waals surface area contributed by atoms with Gasteiger partial charge in [-0.1, -0.05) is 34.1 Å². The summed E-state index contributed by atoms with van der Waals surface area (Å²) in [5.41, 5.74) is 2.15. The van der Waals surface area contributed by atoms with E-state index in [4.69, 9.17) is 0 Å². The lowest BCUT2D eigenvalue weighted by Crippen LogP contribution is -1.88. The van der Waals surface area contributed by atoms with Crippen LogP contribution in [-0.4, -0.2) is 16.3 Å². The van der Waals surface area contributed by atoms with Crippen molar-refractivity contribution in [3.8, 4) is 5.75 Å². The maximum Gasteiger partial charge on any atom is 0.141 e. The van der Waals surface area contributed by atoms with Crippen LogP contribution in [-0.2, 0) is 0 Å². The van der Waals surface area contributed by atoms with Crippen LogP contribution >= 0.6 is 15.9 Å². The molecule has 0 unspecified atom stereocenters. The second-order valence-corrected chi connectivity index (χ2v) is 5.24. The lowest BCUT2D eigenvalue weighted by molar-refractivity contribution is 0.480. The van der Waals surface area contributed by atoms with Gasteiger partial charge in [-0.2, -0.15) is 0 Å². The number of hydrogen-bond donors (Lipinski definition) is 1. The molecule has 3 rings (SSSR count). The number of aliphatic imine (C=N–C) groups is 1. The Morgan fingerprint density at radius 1 is 1.00 bits per heavy atom. The van der Waals surface area contributed by atoms with Crippen LogP contribution in [0.25, 0.3) is 10.9 Å². The van der Waals surface area contributed by atoms with E-state index in [0.717, 1.165) is 15.5 Å². The Labute approximate surface area is 124 Å². The number of hydrogen-bond acceptors (Lipinski definition) is 3. The highest BCUT2D eigenvalue weighted by molar-refractivity contribution is 9.10. The van der Waals surface area contributed by atoms with Gasteiger partial charge < -0.3 is 5.11 Å². The Balaban J connectivity index is 1.94. The second-order valence-electron chi connectivity index (χ2n) is 4.32. The number of pyridine rings is 1. The Bertz CT molecular complexity index is 782. The number of benzene rings is 2. The smallest absolute Gasteiger partial charge is 0.141 e. The van der Waals surface area contributed by atoms with Crippen LogP contribution in [0.15, 0.2) is 64.1 Å². The predicted octanol–water partition coefficient (Wildman–Crippen LogP) is 4.45. The molecule has 0 aliphatic carbocycles. The molecule has 1 N–H and O–H groups in total. The van der Waals surface area contributed by atoms with E-state index in [9.17, 15) is 5.11 Å². The molecule has 98 valence electrons. The van der Waals surface area contributed by atoms with Gasteiger partial charge in [0.25, 0.3) is 0 Å². The first kappa shape index (κ1) is 12.8. The first-order valence-electron chi connectivity index (χ1n) is 6.11. The average Bonchev–Trinajstić information content (AvgIpc) is 2.47. The van der Waals surface area contributed by atoms with Crippen LogP contribution in [0.3, 0.4) is 0 Å². The third-order valence-electron chi connectivity index (χ3n) is 2.89. The average molecular weight is 327 g/mol. The van der Waals surface area contributed by atoms with Crippen LogP contribution in [0.2, 0.25) is 0 Å². The van der Waals surface area contributed by atoms with Gasteiger partial charge in [-0.15, -0.1) is 0 Å². The lowest BCUT2D eigenvalue weighted by atomic mass is 10.2. The van der Waals surface area contributed by atoms with Crippen molar-refractivity contribution in [3.05, 3.63) is 64.8 Å². The minimum absolute atomic E-state index is 0.182. The molecule has 1 heterocycles. The Morgan fingerprint density at radius 3 is 2.60 bits per heavy atom. The molecule has 3 nitrogen and oxygen atoms in total. The van der Waals surface area contributed by atoms with Crippen molar-refractivity contribution in [2.24, 2.45) is 4.99 Å². The quantitative estimate of drug-likeness (QED) is 0.707. The van der Waals surface area contributed by atoms with E-state index >= 15 is 0 Å². The molecule has 0 bridgehead atoms. The maximum absolute atomic E-state index is 9.80. The molecule has 20 heavy (non-hydrogen) atoms. The van der Waals surface area contributed by atoms with Crippen LogP contribution in [0.5, 0.6) is 5.75 Å². The summed E-state index contributed by atoms with van der Waals surface area (Å²) in [6.45, 7) is 0. The van der Waals surface area contributed by atoms with Crippen molar-refractivity contribution in [2.75, 3.05) is 0 Å². The van der Waals surface area contributed by atoms with E-state index in [1.165, 1.54) is 0 Å². The third kappa shape index (κ3) is 2.70. The van der Waals surface area contributed by atoms with Crippen molar-refractivity contribution in [3.63, 3.8) is 0 Å². The first-order chi connectivity index (χ1) is 9.72. The zero-order chi connectivity index (χ0) is 13.9. The Morgan fingerprint density at radius 2 is 1.80 bits per heavy atom. The summed E-state index contributed by atoms with van der Waals surface area (Å²) in [4.78, 5) is 8.76. The van der Waals surface area contributed by atoms with Crippen LogP contribution in [0.1, 0.15) is 5.69 Å². The van der Waals surface area contributed by atoms with Gasteiger partial charge in [-0.05, 0) is 36.4 Å². The molecule has 0 saturated carbocycles. The molecule has 0 spiro atoms. The summed E-state index contributed by atoms with van der Waals surface area (Å²) >= 11 is 3.38. The molecule has 0 aliphatic rings. The molecule has 3 aromatic rings. The molecule has 0 atom stereocenters. The number of para-hydroxylation sites is 1. The van der Waals surface area contributed by atoms with Gasteiger partial charge in [-0.25, -0.2) is 4.98 Å². The predicted molar refractivity (Wildman–Crippen MR) is 84.8 cm³/mol. The fourth-order valence-electron chi connectivity index (χ4n) is 1.89. The number of aromatic hydroxyl groups is 1. The number of halogens is 1. The monoisotopic (exact) mass is 326 g/mol. The van der Waals surface area contributed by atoms with E-state index < -0.39 is 0 Å². The summed E-state index contributed by atoms with van der Waals surface area (Å²) in [5, 5.41) is 10.7. The standard InChI is InChI=1S/C16H11BrN2O/c17-12-5-8-13(9-6-12)18-10-14-7-4-11-2-1-3-15(20)16(11)19-14/h1-10,20H. The van der Waals surface area contributed by atoms with Crippen molar-refractivity contribution in [1.29, 1.82) is 0 Å². The van der Waals surface area contributed by atoms with Crippen molar-refractivity contribution < 1.29 is 5.11 Å². The third-order valence-corrected chi connectivity index (χ3v) is 3.42. The highest BCUT2D eigenvalue weighted by Gasteiger charge is 2.01. The van der Waals surface area contributed by atoms with E-state index in [1.54, 1.807) is 18.3 Å². The molecule has 0 radical (unpaired) electrons. The Kier molecular flexibility index (Phi) is 3.48. The highest BCUT2D eigenvalue weighted by atomic mass is 79.9. The van der Waals surface area contributed by atoms with Crippen molar-refractivity contribution in [2.45, 2.75) is 0 Å². The van der Waals surface area contributed by atoms with Crippen LogP contribution < -0.4 is 0 Å². The zero-order valence-corrected chi connectivity index (χ0v) is 12.1. The second kappa shape index (κ2) is 5.43. The highest BCUT2D eigenvalue weighted by Crippen LogP contribution is 2.22. The maximum atomic E-state index is 9.80. The summed E-state index contributed by atoms with van der Waals surface area (Å²) in [6.07, 6.45) is 1.69. The number of rotatable bonds is 2. The Hall–Kier alpha value is -2.20. The fourth-order valence-corrected chi connectivity index (χ4v) is 2.15. The fraction of sp³-hybridized carbons (Fsp3) is 0. The van der Waals surface area contributed by atoms with Gasteiger partial charge in [0.1, 0.15) is 11.3 Å². The summed E-state index contributed by atoms with van der Waals surface area (Å²) in [7, 11) is 0. The van der Waals surface area contributed by atoms with Crippen LogP contribution in [0, 0.1) is 0 Å². The molecule has 0 aliphatic heterocycles. The number of aromatic nitrogens is 1. The van der Waals surface area contributed by atoms with Gasteiger partial charge >= 0.3 is 0 Å². The lowest BCUT2D eigenvalue weighted by Gasteiger charge is -2.01. The number of fused-ring (bicyclic) bond motifs is 1. The van der Waals surface area contributed by atoms with Crippen LogP contribution in [0.4, 0.5) is 5.69 Å². The SMILES string of the molecule is Oc1cccc2ccc(C=Nc3ccc(Br)cc3)nc12. The minimum Gasteiger partial charge on any atom is -0.506 e. The zero-order valence-electron chi connectivity index (χ0n) is 10.5.